The van der Waals surface area contributed by atoms with Crippen LogP contribution in [0.1, 0.15) is 49.2 Å². The lowest BCUT2D eigenvalue weighted by molar-refractivity contribution is -0.139. The Hall–Kier alpha value is -4.89. The monoisotopic (exact) mass is 621 g/mol. The number of aromatic nitrogens is 2. The Bertz CT molecular complexity index is 2120. The molecule has 0 saturated heterocycles. The van der Waals surface area contributed by atoms with Crippen molar-refractivity contribution < 1.29 is 19.0 Å². The predicted octanol–water partition coefficient (Wildman–Crippen LogP) is 5.52. The first-order chi connectivity index (χ1) is 21.9. The summed E-state index contributed by atoms with van der Waals surface area (Å²) in [7, 11) is 1.58. The molecule has 0 unspecified atom stereocenters. The third-order valence-corrected chi connectivity index (χ3v) is 9.04. The van der Waals surface area contributed by atoms with Crippen LogP contribution in [0.25, 0.3) is 17.0 Å². The first-order valence-corrected chi connectivity index (χ1v) is 15.8. The Labute approximate surface area is 265 Å². The maximum Gasteiger partial charge on any atom is 0.338 e. The van der Waals surface area contributed by atoms with Gasteiger partial charge in [-0.2, -0.15) is 0 Å². The van der Waals surface area contributed by atoms with Crippen LogP contribution in [-0.4, -0.2) is 35.4 Å². The van der Waals surface area contributed by atoms with Gasteiger partial charge < -0.3 is 18.8 Å². The Morgan fingerprint density at radius 3 is 2.47 bits per heavy atom. The molecule has 3 aromatic carbocycles. The van der Waals surface area contributed by atoms with Crippen LogP contribution in [0.2, 0.25) is 0 Å². The maximum absolute atomic E-state index is 14.4. The molecule has 3 heterocycles. The molecule has 9 heteroatoms. The molecule has 45 heavy (non-hydrogen) atoms. The fraction of sp³-hybridized carbons (Fsp3) is 0.250. The lowest BCUT2D eigenvalue weighted by atomic mass is 9.95. The summed E-state index contributed by atoms with van der Waals surface area (Å²) in [6.07, 6.45) is 1.96. The van der Waals surface area contributed by atoms with Crippen molar-refractivity contribution in [1.82, 2.24) is 9.13 Å². The van der Waals surface area contributed by atoms with E-state index in [0.717, 1.165) is 22.2 Å². The van der Waals surface area contributed by atoms with Crippen LogP contribution in [0, 0.1) is 6.92 Å². The average Bonchev–Trinajstić information content (AvgIpc) is 3.49. The molecule has 1 atom stereocenters. The molecule has 1 aliphatic heterocycles. The fourth-order valence-corrected chi connectivity index (χ4v) is 7.01. The summed E-state index contributed by atoms with van der Waals surface area (Å²) in [5.41, 5.74) is 5.62. The zero-order valence-corrected chi connectivity index (χ0v) is 26.8. The topological polar surface area (TPSA) is 84.1 Å². The molecule has 0 saturated carbocycles. The molecular formula is C36H35N3O5S. The lowest BCUT2D eigenvalue weighted by Gasteiger charge is -2.25. The van der Waals surface area contributed by atoms with E-state index >= 15 is 0 Å². The number of carbonyl (C=O) groups is 1. The Morgan fingerprint density at radius 1 is 0.978 bits per heavy atom. The molecule has 0 aliphatic carbocycles. The molecule has 0 bridgehead atoms. The average molecular weight is 622 g/mol. The van der Waals surface area contributed by atoms with Crippen LogP contribution in [-0.2, 0) is 16.1 Å². The number of esters is 1. The molecule has 0 spiro atoms. The molecule has 230 valence electrons. The SMILES string of the molecule is CCOC(=O)C1=C(C)N=c2s/c(=C\c3c(C)n(Cc4ccccc4)c4ccccc34)c(=O)n2[C@H]1c1ccc(OC)c(OCC)c1. The molecule has 0 N–H and O–H groups in total. The fourth-order valence-electron chi connectivity index (χ4n) is 5.98. The number of thiazole rings is 1. The largest absolute Gasteiger partial charge is 0.493 e. The second kappa shape index (κ2) is 12.6. The summed E-state index contributed by atoms with van der Waals surface area (Å²) in [5, 5.41) is 1.06. The Balaban J connectivity index is 1.56. The van der Waals surface area contributed by atoms with Gasteiger partial charge in [0.05, 0.1) is 42.2 Å². The van der Waals surface area contributed by atoms with E-state index in [1.807, 2.05) is 55.5 Å². The molecule has 1 aliphatic rings. The van der Waals surface area contributed by atoms with Gasteiger partial charge >= 0.3 is 5.97 Å². The summed E-state index contributed by atoms with van der Waals surface area (Å²) in [4.78, 5) is 33.0. The number of carbonyl (C=O) groups excluding carboxylic acids is 1. The van der Waals surface area contributed by atoms with E-state index in [0.29, 0.717) is 50.8 Å². The number of ether oxygens (including phenoxy) is 3. The summed E-state index contributed by atoms with van der Waals surface area (Å²) in [6.45, 7) is 8.86. The van der Waals surface area contributed by atoms with Crippen molar-refractivity contribution in [3.05, 3.63) is 126 Å². The zero-order chi connectivity index (χ0) is 31.7. The van der Waals surface area contributed by atoms with Gasteiger partial charge in [-0.15, -0.1) is 0 Å². The van der Waals surface area contributed by atoms with E-state index in [4.69, 9.17) is 19.2 Å². The van der Waals surface area contributed by atoms with E-state index in [1.165, 1.54) is 16.9 Å². The van der Waals surface area contributed by atoms with Crippen LogP contribution >= 0.6 is 11.3 Å². The van der Waals surface area contributed by atoms with Crippen LogP contribution in [0.4, 0.5) is 0 Å². The Kier molecular flexibility index (Phi) is 8.45. The molecular weight excluding hydrogens is 586 g/mol. The van der Waals surface area contributed by atoms with E-state index < -0.39 is 12.0 Å². The summed E-state index contributed by atoms with van der Waals surface area (Å²) in [6, 6.07) is 23.3. The number of fused-ring (bicyclic) bond motifs is 2. The van der Waals surface area contributed by atoms with Gasteiger partial charge in [-0.25, -0.2) is 9.79 Å². The molecule has 8 nitrogen and oxygen atoms in total. The van der Waals surface area contributed by atoms with Crippen molar-refractivity contribution >= 4 is 34.3 Å². The number of rotatable bonds is 9. The second-order valence-electron chi connectivity index (χ2n) is 10.7. The molecule has 0 radical (unpaired) electrons. The molecule has 0 fully saturated rings. The standard InChI is InChI=1S/C36H35N3O5S/c1-6-43-30-19-25(17-18-29(30)42-5)33-32(35(41)44-7-2)22(3)37-36-39(33)34(40)31(45-36)20-27-23(4)38(21-24-13-9-8-10-14-24)28-16-12-11-15-26(27)28/h8-20,33H,6-7,21H2,1-5H3/b31-20-/t33-/m0/s1. The highest BCUT2D eigenvalue weighted by Crippen LogP contribution is 2.36. The van der Waals surface area contributed by atoms with Gasteiger partial charge in [-0.1, -0.05) is 65.9 Å². The van der Waals surface area contributed by atoms with Crippen LogP contribution in [0.3, 0.4) is 0 Å². The smallest absolute Gasteiger partial charge is 0.338 e. The maximum atomic E-state index is 14.4. The highest BCUT2D eigenvalue weighted by Gasteiger charge is 2.34. The van der Waals surface area contributed by atoms with Gasteiger partial charge in [0.25, 0.3) is 5.56 Å². The van der Waals surface area contributed by atoms with Crippen molar-refractivity contribution in [3.63, 3.8) is 0 Å². The van der Waals surface area contributed by atoms with Gasteiger partial charge in [-0.3, -0.25) is 9.36 Å². The molecule has 5 aromatic rings. The normalized spacial score (nSPS) is 14.8. The molecule has 2 aromatic heterocycles. The van der Waals surface area contributed by atoms with Crippen LogP contribution in [0.5, 0.6) is 11.5 Å². The summed E-state index contributed by atoms with van der Waals surface area (Å²) >= 11 is 1.32. The van der Waals surface area contributed by atoms with Crippen molar-refractivity contribution in [2.45, 2.75) is 40.3 Å². The van der Waals surface area contributed by atoms with Crippen molar-refractivity contribution in [2.24, 2.45) is 4.99 Å². The number of hydrogen-bond donors (Lipinski definition) is 0. The van der Waals surface area contributed by atoms with Crippen molar-refractivity contribution in [3.8, 4) is 11.5 Å². The summed E-state index contributed by atoms with van der Waals surface area (Å²) in [5.74, 6) is 0.583. The third kappa shape index (κ3) is 5.48. The van der Waals surface area contributed by atoms with E-state index in [1.54, 1.807) is 31.6 Å². The van der Waals surface area contributed by atoms with Crippen LogP contribution in [0.15, 0.2) is 93.9 Å². The predicted molar refractivity (Wildman–Crippen MR) is 177 cm³/mol. The third-order valence-electron chi connectivity index (χ3n) is 8.06. The van der Waals surface area contributed by atoms with E-state index in [9.17, 15) is 9.59 Å². The quantitative estimate of drug-likeness (QED) is 0.203. The lowest BCUT2D eigenvalue weighted by Crippen LogP contribution is -2.40. The highest BCUT2D eigenvalue weighted by molar-refractivity contribution is 7.07. The number of hydrogen-bond acceptors (Lipinski definition) is 7. The minimum atomic E-state index is -0.756. The number of benzene rings is 3. The molecule has 6 rings (SSSR count). The van der Waals surface area contributed by atoms with Gasteiger partial charge in [-0.05, 0) is 63.1 Å². The van der Waals surface area contributed by atoms with Gasteiger partial charge in [0.2, 0.25) is 0 Å². The molecule has 0 amide bonds. The van der Waals surface area contributed by atoms with Crippen molar-refractivity contribution in [1.29, 1.82) is 0 Å². The number of nitrogens with zero attached hydrogens (tertiary/aromatic N) is 3. The van der Waals surface area contributed by atoms with E-state index in [2.05, 4.69) is 35.8 Å². The van der Waals surface area contributed by atoms with Gasteiger partial charge in [0.15, 0.2) is 16.3 Å². The first kappa shape index (κ1) is 30.1. The van der Waals surface area contributed by atoms with E-state index in [-0.39, 0.29) is 12.2 Å². The van der Waals surface area contributed by atoms with Crippen LogP contribution < -0.4 is 24.4 Å². The number of allylic oxidation sites excluding steroid dienone is 1. The Morgan fingerprint density at radius 2 is 1.73 bits per heavy atom. The van der Waals surface area contributed by atoms with Crippen molar-refractivity contribution in [2.75, 3.05) is 20.3 Å². The number of para-hydroxylation sites is 1. The first-order valence-electron chi connectivity index (χ1n) is 15.0. The van der Waals surface area contributed by atoms with Gasteiger partial charge in [0.1, 0.15) is 0 Å². The minimum Gasteiger partial charge on any atom is -0.493 e. The number of methoxy groups -OCH3 is 1. The minimum absolute atomic E-state index is 0.200. The highest BCUT2D eigenvalue weighted by atomic mass is 32.1. The summed E-state index contributed by atoms with van der Waals surface area (Å²) < 4.78 is 21.2. The zero-order valence-electron chi connectivity index (χ0n) is 26.0. The van der Waals surface area contributed by atoms with Gasteiger partial charge in [0, 0.05) is 28.7 Å². The second-order valence-corrected chi connectivity index (χ2v) is 11.7.